The molecule has 0 spiro atoms. The van der Waals surface area contributed by atoms with Crippen LogP contribution in [-0.4, -0.2) is 43.9 Å². The fourth-order valence-electron chi connectivity index (χ4n) is 3.02. The van der Waals surface area contributed by atoms with E-state index in [2.05, 4.69) is 15.5 Å². The summed E-state index contributed by atoms with van der Waals surface area (Å²) < 4.78 is 32.1. The van der Waals surface area contributed by atoms with E-state index < -0.39 is 22.0 Å². The summed E-state index contributed by atoms with van der Waals surface area (Å²) in [5.74, 6) is 0.860. The molecule has 0 aliphatic heterocycles. The Morgan fingerprint density at radius 1 is 1.16 bits per heavy atom. The fourth-order valence-corrected chi connectivity index (χ4v) is 5.94. The van der Waals surface area contributed by atoms with Gasteiger partial charge in [-0.15, -0.1) is 10.2 Å². The molecule has 170 valence electrons. The number of ether oxygens (including phenoxy) is 1. The predicted molar refractivity (Wildman–Crippen MR) is 129 cm³/mol. The number of methoxy groups -OCH3 is 1. The molecule has 0 aliphatic rings. The predicted octanol–water partition coefficient (Wildman–Crippen LogP) is 4.02. The zero-order chi connectivity index (χ0) is 23.1. The second-order valence-electron chi connectivity index (χ2n) is 6.82. The zero-order valence-electron chi connectivity index (χ0n) is 17.9. The summed E-state index contributed by atoms with van der Waals surface area (Å²) >= 11 is 2.77. The summed E-state index contributed by atoms with van der Waals surface area (Å²) in [5, 5.41) is 11.2. The maximum atomic E-state index is 13.0. The normalized spacial score (nSPS) is 12.2. The van der Waals surface area contributed by atoms with Crippen molar-refractivity contribution in [1.29, 1.82) is 0 Å². The molecular weight excluding hydrogens is 468 g/mol. The third-order valence-electron chi connectivity index (χ3n) is 4.50. The average molecular weight is 493 g/mol. The molecule has 1 heterocycles. The number of sulfonamides is 1. The molecule has 3 rings (SSSR count). The Hall–Kier alpha value is -2.63. The number of nitrogens with zero attached hydrogens (tertiary/aromatic N) is 3. The van der Waals surface area contributed by atoms with Gasteiger partial charge in [0.15, 0.2) is 4.34 Å². The molecule has 0 unspecified atom stereocenters. The topological polar surface area (TPSA) is 101 Å². The molecule has 0 radical (unpaired) electrons. The number of amides is 1. The summed E-state index contributed by atoms with van der Waals surface area (Å²) in [6.07, 6.45) is 1.36. The molecule has 2 aromatic carbocycles. The van der Waals surface area contributed by atoms with Crippen molar-refractivity contribution in [3.63, 3.8) is 0 Å². The standard InChI is InChI=1S/C21H24N4O4S3/c1-4-18(25(32(3,27)28)16-10-12-17(29-2)13-11-16)19(26)22-20-23-24-21(31-20)30-14-15-8-6-5-7-9-15/h5-13,18H,4,14H2,1-3H3,(H,22,23,26)/t18-/m0/s1. The monoisotopic (exact) mass is 492 g/mol. The van der Waals surface area contributed by atoms with E-state index in [0.29, 0.717) is 20.9 Å². The van der Waals surface area contributed by atoms with E-state index in [4.69, 9.17) is 4.74 Å². The molecule has 3 aromatic rings. The van der Waals surface area contributed by atoms with Crippen LogP contribution < -0.4 is 14.4 Å². The summed E-state index contributed by atoms with van der Waals surface area (Å²) in [6, 6.07) is 15.6. The van der Waals surface area contributed by atoms with Crippen LogP contribution in [0.3, 0.4) is 0 Å². The minimum absolute atomic E-state index is 0.277. The van der Waals surface area contributed by atoms with Gasteiger partial charge in [0.1, 0.15) is 11.8 Å². The molecule has 8 nitrogen and oxygen atoms in total. The van der Waals surface area contributed by atoms with Crippen molar-refractivity contribution in [3.05, 3.63) is 60.2 Å². The van der Waals surface area contributed by atoms with E-state index in [1.54, 1.807) is 31.2 Å². The molecule has 1 atom stereocenters. The first kappa shape index (κ1) is 24.0. The van der Waals surface area contributed by atoms with Gasteiger partial charge in [0.25, 0.3) is 0 Å². The highest BCUT2D eigenvalue weighted by Crippen LogP contribution is 2.29. The molecular formula is C21H24N4O4S3. The lowest BCUT2D eigenvalue weighted by molar-refractivity contribution is -0.117. The second kappa shape index (κ2) is 10.8. The second-order valence-corrected chi connectivity index (χ2v) is 10.9. The van der Waals surface area contributed by atoms with Gasteiger partial charge < -0.3 is 4.74 Å². The van der Waals surface area contributed by atoms with Gasteiger partial charge in [0.05, 0.1) is 19.1 Å². The van der Waals surface area contributed by atoms with Crippen LogP contribution in [0.4, 0.5) is 10.8 Å². The molecule has 32 heavy (non-hydrogen) atoms. The number of rotatable bonds is 10. The van der Waals surface area contributed by atoms with Gasteiger partial charge in [0.2, 0.25) is 21.1 Å². The van der Waals surface area contributed by atoms with Crippen molar-refractivity contribution in [3.8, 4) is 5.75 Å². The molecule has 0 saturated heterocycles. The first-order valence-electron chi connectivity index (χ1n) is 9.76. The number of nitrogens with one attached hydrogen (secondary N) is 1. The van der Waals surface area contributed by atoms with Crippen molar-refractivity contribution in [2.45, 2.75) is 29.5 Å². The van der Waals surface area contributed by atoms with Crippen LogP contribution in [0.25, 0.3) is 0 Å². The number of carbonyl (C=O) groups excluding carboxylic acids is 1. The van der Waals surface area contributed by atoms with Crippen LogP contribution in [0.5, 0.6) is 5.75 Å². The maximum Gasteiger partial charge on any atom is 0.250 e. The number of aromatic nitrogens is 2. The first-order valence-corrected chi connectivity index (χ1v) is 13.4. The molecule has 0 bridgehead atoms. The van der Waals surface area contributed by atoms with Gasteiger partial charge in [-0.1, -0.05) is 60.4 Å². The number of anilines is 2. The van der Waals surface area contributed by atoms with Crippen LogP contribution >= 0.6 is 23.1 Å². The molecule has 0 saturated carbocycles. The van der Waals surface area contributed by atoms with Crippen molar-refractivity contribution in [2.24, 2.45) is 0 Å². The number of benzene rings is 2. The molecule has 0 fully saturated rings. The van der Waals surface area contributed by atoms with Gasteiger partial charge in [-0.05, 0) is 36.2 Å². The van der Waals surface area contributed by atoms with Crippen LogP contribution in [0.15, 0.2) is 58.9 Å². The third-order valence-corrected chi connectivity index (χ3v) is 7.72. The largest absolute Gasteiger partial charge is 0.497 e. The van der Waals surface area contributed by atoms with Crippen LogP contribution in [0.1, 0.15) is 18.9 Å². The van der Waals surface area contributed by atoms with Crippen LogP contribution in [0.2, 0.25) is 0 Å². The van der Waals surface area contributed by atoms with Gasteiger partial charge in [-0.25, -0.2) is 8.42 Å². The Kier molecular flexibility index (Phi) is 8.10. The van der Waals surface area contributed by atoms with E-state index in [1.165, 1.54) is 30.2 Å². The van der Waals surface area contributed by atoms with E-state index in [1.807, 2.05) is 30.3 Å². The zero-order valence-corrected chi connectivity index (χ0v) is 20.3. The van der Waals surface area contributed by atoms with E-state index in [0.717, 1.165) is 21.9 Å². The number of hydrogen-bond donors (Lipinski definition) is 1. The smallest absolute Gasteiger partial charge is 0.250 e. The average Bonchev–Trinajstić information content (AvgIpc) is 3.23. The van der Waals surface area contributed by atoms with E-state index in [-0.39, 0.29) is 6.42 Å². The van der Waals surface area contributed by atoms with Crippen molar-refractivity contribution in [1.82, 2.24) is 10.2 Å². The van der Waals surface area contributed by atoms with E-state index in [9.17, 15) is 13.2 Å². The lowest BCUT2D eigenvalue weighted by Gasteiger charge is -2.29. The fraction of sp³-hybridized carbons (Fsp3) is 0.286. The van der Waals surface area contributed by atoms with Crippen LogP contribution in [-0.2, 0) is 20.6 Å². The number of thioether (sulfide) groups is 1. The first-order chi connectivity index (χ1) is 15.3. The van der Waals surface area contributed by atoms with Crippen LogP contribution in [0, 0.1) is 0 Å². The summed E-state index contributed by atoms with van der Waals surface area (Å²) in [6.45, 7) is 1.76. The van der Waals surface area contributed by atoms with E-state index >= 15 is 0 Å². The number of carbonyl (C=O) groups is 1. The highest BCUT2D eigenvalue weighted by atomic mass is 32.2. The Balaban J connectivity index is 1.73. The molecule has 0 aliphatic carbocycles. The van der Waals surface area contributed by atoms with Gasteiger partial charge in [-0.2, -0.15) is 0 Å². The quantitative estimate of drug-likeness (QED) is 0.337. The van der Waals surface area contributed by atoms with Crippen molar-refractivity contribution >= 4 is 49.8 Å². The Morgan fingerprint density at radius 3 is 2.44 bits per heavy atom. The Bertz CT molecular complexity index is 1140. The highest BCUT2D eigenvalue weighted by molar-refractivity contribution is 8.00. The van der Waals surface area contributed by atoms with Gasteiger partial charge in [0, 0.05) is 5.75 Å². The van der Waals surface area contributed by atoms with Crippen molar-refractivity contribution < 1.29 is 17.9 Å². The van der Waals surface area contributed by atoms with Crippen molar-refractivity contribution in [2.75, 3.05) is 23.0 Å². The molecule has 1 N–H and O–H groups in total. The molecule has 1 amide bonds. The minimum Gasteiger partial charge on any atom is -0.497 e. The Labute approximate surface area is 196 Å². The third kappa shape index (κ3) is 6.21. The van der Waals surface area contributed by atoms with Gasteiger partial charge in [-0.3, -0.25) is 14.4 Å². The maximum absolute atomic E-state index is 13.0. The Morgan fingerprint density at radius 2 is 1.84 bits per heavy atom. The molecule has 11 heteroatoms. The number of hydrogen-bond acceptors (Lipinski definition) is 8. The SMILES string of the molecule is CC[C@@H](C(=O)Nc1nnc(SCc2ccccc2)s1)N(c1ccc(OC)cc1)S(C)(=O)=O. The lowest BCUT2D eigenvalue weighted by atomic mass is 10.2. The van der Waals surface area contributed by atoms with Gasteiger partial charge >= 0.3 is 0 Å². The summed E-state index contributed by atoms with van der Waals surface area (Å²) in [5.41, 5.74) is 1.54. The minimum atomic E-state index is -3.73. The molecule has 1 aromatic heterocycles. The lowest BCUT2D eigenvalue weighted by Crippen LogP contribution is -2.46. The highest BCUT2D eigenvalue weighted by Gasteiger charge is 2.32. The summed E-state index contributed by atoms with van der Waals surface area (Å²) in [4.78, 5) is 13.0. The summed E-state index contributed by atoms with van der Waals surface area (Å²) in [7, 11) is -2.20.